The third kappa shape index (κ3) is 1.64. The number of furan rings is 1. The molecule has 72 valence electrons. The van der Waals surface area contributed by atoms with E-state index in [1.807, 2.05) is 0 Å². The van der Waals surface area contributed by atoms with Crippen molar-refractivity contribution in [3.63, 3.8) is 0 Å². The molecule has 1 aliphatic rings. The fraction of sp³-hybridized carbons (Fsp3) is 0. The van der Waals surface area contributed by atoms with Gasteiger partial charge in [0.1, 0.15) is 5.76 Å². The Morgan fingerprint density at radius 2 is 2.50 bits per heavy atom. The van der Waals surface area contributed by atoms with Crippen molar-refractivity contribution in [2.24, 2.45) is 5.16 Å². The molecule has 0 aromatic carbocycles. The minimum Gasteiger partial charge on any atom is -0.465 e. The number of rotatable bonds is 1. The number of hydrogen-bond donors (Lipinski definition) is 2. The third-order valence-electron chi connectivity index (χ3n) is 1.56. The summed E-state index contributed by atoms with van der Waals surface area (Å²) < 4.78 is 5.04. The second-order valence-corrected chi connectivity index (χ2v) is 3.52. The average Bonchev–Trinajstić information content (AvgIpc) is 2.78. The third-order valence-corrected chi connectivity index (χ3v) is 2.46. The maximum Gasteiger partial charge on any atom is 0.264 e. The van der Waals surface area contributed by atoms with Crippen molar-refractivity contribution in [3.8, 4) is 0 Å². The SMILES string of the molecule is O=C1N/C(=N\O)S/C1=C/c1ccco1. The topological polar surface area (TPSA) is 74.8 Å². The maximum absolute atomic E-state index is 11.2. The zero-order valence-corrected chi connectivity index (χ0v) is 7.75. The summed E-state index contributed by atoms with van der Waals surface area (Å²) in [5.74, 6) is 0.293. The van der Waals surface area contributed by atoms with Gasteiger partial charge in [0, 0.05) is 6.08 Å². The molecule has 5 nitrogen and oxygen atoms in total. The van der Waals surface area contributed by atoms with E-state index in [1.165, 1.54) is 6.26 Å². The average molecular weight is 210 g/mol. The van der Waals surface area contributed by atoms with Crippen LogP contribution in [0.25, 0.3) is 6.08 Å². The summed E-state index contributed by atoms with van der Waals surface area (Å²) in [7, 11) is 0. The number of amidine groups is 1. The lowest BCUT2D eigenvalue weighted by Gasteiger charge is -1.87. The zero-order valence-electron chi connectivity index (χ0n) is 6.93. The molecule has 6 heteroatoms. The second kappa shape index (κ2) is 3.59. The molecule has 0 spiro atoms. The minimum atomic E-state index is -0.292. The molecular weight excluding hydrogens is 204 g/mol. The Kier molecular flexibility index (Phi) is 2.28. The monoisotopic (exact) mass is 210 g/mol. The predicted octanol–water partition coefficient (Wildman–Crippen LogP) is 1.23. The van der Waals surface area contributed by atoms with E-state index >= 15 is 0 Å². The van der Waals surface area contributed by atoms with Crippen LogP contribution in [0.2, 0.25) is 0 Å². The van der Waals surface area contributed by atoms with Crippen LogP contribution in [0, 0.1) is 0 Å². The lowest BCUT2D eigenvalue weighted by atomic mass is 10.4. The van der Waals surface area contributed by atoms with Crippen LogP contribution in [0.5, 0.6) is 0 Å². The quantitative estimate of drug-likeness (QED) is 0.415. The first-order valence-electron chi connectivity index (χ1n) is 3.76. The highest BCUT2D eigenvalue weighted by Crippen LogP contribution is 2.25. The molecule has 1 aliphatic heterocycles. The maximum atomic E-state index is 11.2. The molecule has 1 aromatic rings. The van der Waals surface area contributed by atoms with E-state index in [9.17, 15) is 4.79 Å². The Morgan fingerprint density at radius 3 is 3.07 bits per heavy atom. The Morgan fingerprint density at radius 1 is 1.64 bits per heavy atom. The van der Waals surface area contributed by atoms with Gasteiger partial charge in [-0.3, -0.25) is 10.1 Å². The highest BCUT2D eigenvalue weighted by atomic mass is 32.2. The first-order valence-corrected chi connectivity index (χ1v) is 4.57. The number of carbonyl (C=O) groups excluding carboxylic acids is 1. The summed E-state index contributed by atoms with van der Waals surface area (Å²) in [4.78, 5) is 11.7. The number of hydrogen-bond acceptors (Lipinski definition) is 5. The molecule has 0 saturated carbocycles. The number of nitrogens with zero attached hydrogens (tertiary/aromatic N) is 1. The van der Waals surface area contributed by atoms with E-state index in [-0.39, 0.29) is 11.1 Å². The van der Waals surface area contributed by atoms with Crippen molar-refractivity contribution in [2.75, 3.05) is 0 Å². The van der Waals surface area contributed by atoms with Crippen LogP contribution in [0.3, 0.4) is 0 Å². The summed E-state index contributed by atoms with van der Waals surface area (Å²) in [5, 5.41) is 13.9. The first-order chi connectivity index (χ1) is 6.79. The molecule has 2 N–H and O–H groups in total. The van der Waals surface area contributed by atoms with Gasteiger partial charge in [-0.15, -0.1) is 0 Å². The summed E-state index contributed by atoms with van der Waals surface area (Å²) >= 11 is 1.06. The van der Waals surface area contributed by atoms with Crippen LogP contribution >= 0.6 is 11.8 Å². The Labute approximate surface area is 83.5 Å². The fourth-order valence-electron chi connectivity index (χ4n) is 0.978. The molecule has 0 aliphatic carbocycles. The van der Waals surface area contributed by atoms with Crippen LogP contribution in [0.4, 0.5) is 0 Å². The lowest BCUT2D eigenvalue weighted by molar-refractivity contribution is -0.115. The number of amides is 1. The van der Waals surface area contributed by atoms with Gasteiger partial charge in [-0.25, -0.2) is 0 Å². The molecular formula is C8H6N2O3S. The van der Waals surface area contributed by atoms with E-state index in [2.05, 4.69) is 10.5 Å². The zero-order chi connectivity index (χ0) is 9.97. The van der Waals surface area contributed by atoms with Crippen LogP contribution < -0.4 is 5.32 Å². The largest absolute Gasteiger partial charge is 0.465 e. The molecule has 0 bridgehead atoms. The van der Waals surface area contributed by atoms with E-state index in [4.69, 9.17) is 9.62 Å². The molecule has 1 saturated heterocycles. The van der Waals surface area contributed by atoms with Crippen molar-refractivity contribution in [1.29, 1.82) is 0 Å². The summed E-state index contributed by atoms with van der Waals surface area (Å²) in [5.41, 5.74) is 0. The number of oxime groups is 1. The highest BCUT2D eigenvalue weighted by molar-refractivity contribution is 8.18. The first kappa shape index (κ1) is 8.89. The van der Waals surface area contributed by atoms with Crippen molar-refractivity contribution < 1.29 is 14.4 Å². The number of carbonyl (C=O) groups is 1. The lowest BCUT2D eigenvalue weighted by Crippen LogP contribution is -2.19. The van der Waals surface area contributed by atoms with Crippen LogP contribution in [0.1, 0.15) is 5.76 Å². The molecule has 1 aromatic heterocycles. The van der Waals surface area contributed by atoms with Crippen molar-refractivity contribution in [1.82, 2.24) is 5.32 Å². The van der Waals surface area contributed by atoms with Crippen molar-refractivity contribution in [2.45, 2.75) is 0 Å². The summed E-state index contributed by atoms with van der Waals surface area (Å²) in [6.07, 6.45) is 3.10. The van der Waals surface area contributed by atoms with Crippen LogP contribution in [0.15, 0.2) is 32.9 Å². The van der Waals surface area contributed by atoms with E-state index in [0.29, 0.717) is 10.7 Å². The van der Waals surface area contributed by atoms with E-state index < -0.39 is 0 Å². The van der Waals surface area contributed by atoms with Gasteiger partial charge in [0.15, 0.2) is 0 Å². The molecule has 0 atom stereocenters. The highest BCUT2D eigenvalue weighted by Gasteiger charge is 2.24. The number of nitrogens with one attached hydrogen (secondary N) is 1. The minimum absolute atomic E-state index is 0.174. The van der Waals surface area contributed by atoms with Gasteiger partial charge in [0.05, 0.1) is 11.2 Å². The standard InChI is InChI=1S/C8H6N2O3S/c11-7-6(14-8(9-7)10-12)4-5-2-1-3-13-5/h1-4,12H,(H,9,10,11)/b6-4+. The summed E-state index contributed by atoms with van der Waals surface area (Å²) in [6, 6.07) is 3.46. The normalized spacial score (nSPS) is 21.9. The van der Waals surface area contributed by atoms with Crippen LogP contribution in [-0.2, 0) is 4.79 Å². The van der Waals surface area contributed by atoms with Gasteiger partial charge in [0.25, 0.3) is 5.91 Å². The number of thioether (sulfide) groups is 1. The van der Waals surface area contributed by atoms with Crippen molar-refractivity contribution in [3.05, 3.63) is 29.1 Å². The fourth-order valence-corrected chi connectivity index (χ4v) is 1.69. The Bertz CT molecular complexity index is 408. The Balaban J connectivity index is 2.24. The van der Waals surface area contributed by atoms with E-state index in [1.54, 1.807) is 18.2 Å². The molecule has 2 rings (SSSR count). The molecule has 14 heavy (non-hydrogen) atoms. The van der Waals surface area contributed by atoms with E-state index in [0.717, 1.165) is 11.8 Å². The van der Waals surface area contributed by atoms with Crippen molar-refractivity contribution >= 4 is 28.9 Å². The molecule has 0 radical (unpaired) electrons. The summed E-state index contributed by atoms with van der Waals surface area (Å²) in [6.45, 7) is 0. The molecule has 1 fully saturated rings. The molecule has 0 unspecified atom stereocenters. The molecule has 2 heterocycles. The Hall–Kier alpha value is -1.69. The van der Waals surface area contributed by atoms with Gasteiger partial charge < -0.3 is 9.62 Å². The van der Waals surface area contributed by atoms with Gasteiger partial charge in [-0.2, -0.15) is 0 Å². The van der Waals surface area contributed by atoms with Gasteiger partial charge in [-0.05, 0) is 23.9 Å². The van der Waals surface area contributed by atoms with Crippen LogP contribution in [-0.4, -0.2) is 16.3 Å². The van der Waals surface area contributed by atoms with Gasteiger partial charge in [0.2, 0.25) is 5.17 Å². The van der Waals surface area contributed by atoms with Gasteiger partial charge >= 0.3 is 0 Å². The molecule has 1 amide bonds. The smallest absolute Gasteiger partial charge is 0.264 e. The predicted molar refractivity (Wildman–Crippen MR) is 51.6 cm³/mol. The van der Waals surface area contributed by atoms with Gasteiger partial charge in [-0.1, -0.05) is 5.16 Å². The second-order valence-electron chi connectivity index (χ2n) is 2.49.